The van der Waals surface area contributed by atoms with Crippen molar-refractivity contribution in [1.29, 1.82) is 0 Å². The van der Waals surface area contributed by atoms with E-state index in [2.05, 4.69) is 38.2 Å². The van der Waals surface area contributed by atoms with Crippen LogP contribution in [0.2, 0.25) is 0 Å². The largest absolute Gasteiger partial charge is 0.316 e. The zero-order valence-electron chi connectivity index (χ0n) is 12.1. The van der Waals surface area contributed by atoms with Crippen LogP contribution in [0.3, 0.4) is 0 Å². The summed E-state index contributed by atoms with van der Waals surface area (Å²) >= 11 is 0. The number of nitrogens with zero attached hydrogens (tertiary/aromatic N) is 1. The molecule has 2 aliphatic rings. The van der Waals surface area contributed by atoms with Crippen LogP contribution in [0, 0.1) is 11.3 Å². The molecule has 2 fully saturated rings. The predicted molar refractivity (Wildman–Crippen MR) is 74.2 cm³/mol. The fraction of sp³-hybridized carbons (Fsp3) is 1.00. The van der Waals surface area contributed by atoms with Crippen molar-refractivity contribution in [2.24, 2.45) is 11.3 Å². The first-order valence-electron chi connectivity index (χ1n) is 7.42. The van der Waals surface area contributed by atoms with Crippen molar-refractivity contribution in [2.75, 3.05) is 20.6 Å². The minimum Gasteiger partial charge on any atom is -0.316 e. The minimum absolute atomic E-state index is 0.482. The van der Waals surface area contributed by atoms with Crippen molar-refractivity contribution < 1.29 is 0 Å². The summed E-state index contributed by atoms with van der Waals surface area (Å²) < 4.78 is 0. The van der Waals surface area contributed by atoms with E-state index < -0.39 is 0 Å². The van der Waals surface area contributed by atoms with Gasteiger partial charge in [0.2, 0.25) is 0 Å². The van der Waals surface area contributed by atoms with E-state index in [1.807, 2.05) is 0 Å². The van der Waals surface area contributed by atoms with Crippen LogP contribution in [0.15, 0.2) is 0 Å². The van der Waals surface area contributed by atoms with Crippen LogP contribution < -0.4 is 5.32 Å². The lowest BCUT2D eigenvalue weighted by molar-refractivity contribution is 0.175. The van der Waals surface area contributed by atoms with Crippen molar-refractivity contribution in [3.8, 4) is 0 Å². The molecule has 17 heavy (non-hydrogen) atoms. The smallest absolute Gasteiger partial charge is 0.0156 e. The molecular formula is C15H30N2. The molecule has 2 aliphatic carbocycles. The molecule has 0 aliphatic heterocycles. The van der Waals surface area contributed by atoms with Crippen LogP contribution in [-0.4, -0.2) is 37.6 Å². The molecule has 2 rings (SSSR count). The second-order valence-corrected chi connectivity index (χ2v) is 6.93. The van der Waals surface area contributed by atoms with E-state index >= 15 is 0 Å². The van der Waals surface area contributed by atoms with Crippen LogP contribution in [0.1, 0.15) is 52.4 Å². The van der Waals surface area contributed by atoms with E-state index in [9.17, 15) is 0 Å². The molecule has 0 radical (unpaired) electrons. The predicted octanol–water partition coefficient (Wildman–Crippen LogP) is 2.89. The fourth-order valence-electron chi connectivity index (χ4n) is 4.20. The Morgan fingerprint density at radius 2 is 1.82 bits per heavy atom. The molecule has 0 amide bonds. The SMILES string of the molecule is CNC1C(CN(C)C2CCCC2)CCC1(C)C. The van der Waals surface area contributed by atoms with Gasteiger partial charge in [-0.15, -0.1) is 0 Å². The Balaban J connectivity index is 1.90. The minimum atomic E-state index is 0.482. The average Bonchev–Trinajstić information content (AvgIpc) is 2.86. The third kappa shape index (κ3) is 2.85. The first-order chi connectivity index (χ1) is 8.04. The molecule has 0 aromatic heterocycles. The third-order valence-corrected chi connectivity index (χ3v) is 5.25. The van der Waals surface area contributed by atoms with Crippen molar-refractivity contribution in [2.45, 2.75) is 64.5 Å². The van der Waals surface area contributed by atoms with E-state index in [1.54, 1.807) is 0 Å². The molecule has 2 saturated carbocycles. The summed E-state index contributed by atoms with van der Waals surface area (Å²) in [7, 11) is 4.48. The number of hydrogen-bond donors (Lipinski definition) is 1. The maximum atomic E-state index is 3.57. The summed E-state index contributed by atoms with van der Waals surface area (Å²) in [5.74, 6) is 0.848. The zero-order chi connectivity index (χ0) is 12.5. The molecule has 2 nitrogen and oxygen atoms in total. The molecule has 2 heteroatoms. The topological polar surface area (TPSA) is 15.3 Å². The molecule has 0 saturated heterocycles. The first kappa shape index (κ1) is 13.4. The van der Waals surface area contributed by atoms with Gasteiger partial charge < -0.3 is 10.2 Å². The van der Waals surface area contributed by atoms with E-state index in [0.717, 1.165) is 12.0 Å². The van der Waals surface area contributed by atoms with E-state index in [-0.39, 0.29) is 0 Å². The van der Waals surface area contributed by atoms with E-state index in [1.165, 1.54) is 45.1 Å². The quantitative estimate of drug-likeness (QED) is 0.810. The molecule has 0 bridgehead atoms. The second kappa shape index (κ2) is 5.27. The molecular weight excluding hydrogens is 208 g/mol. The maximum absolute atomic E-state index is 3.57. The molecule has 0 heterocycles. The summed E-state index contributed by atoms with van der Waals surface area (Å²) in [6, 6.07) is 1.57. The number of nitrogens with one attached hydrogen (secondary N) is 1. The van der Waals surface area contributed by atoms with Crippen LogP contribution in [0.4, 0.5) is 0 Å². The van der Waals surface area contributed by atoms with Crippen molar-refractivity contribution in [3.05, 3.63) is 0 Å². The second-order valence-electron chi connectivity index (χ2n) is 6.93. The van der Waals surface area contributed by atoms with Crippen molar-refractivity contribution in [3.63, 3.8) is 0 Å². The first-order valence-corrected chi connectivity index (χ1v) is 7.42. The molecule has 2 atom stereocenters. The lowest BCUT2D eigenvalue weighted by atomic mass is 9.85. The van der Waals surface area contributed by atoms with Gasteiger partial charge in [0.05, 0.1) is 0 Å². The monoisotopic (exact) mass is 238 g/mol. The molecule has 0 aromatic rings. The van der Waals surface area contributed by atoms with Crippen LogP contribution >= 0.6 is 0 Å². The lowest BCUT2D eigenvalue weighted by Crippen LogP contribution is -2.45. The maximum Gasteiger partial charge on any atom is 0.0156 e. The van der Waals surface area contributed by atoms with Gasteiger partial charge in [0.25, 0.3) is 0 Å². The number of hydrogen-bond acceptors (Lipinski definition) is 2. The Bertz CT molecular complexity index is 243. The van der Waals surface area contributed by atoms with Crippen LogP contribution in [-0.2, 0) is 0 Å². The Morgan fingerprint density at radius 1 is 1.18 bits per heavy atom. The Morgan fingerprint density at radius 3 is 2.41 bits per heavy atom. The normalized spacial score (nSPS) is 33.7. The highest BCUT2D eigenvalue weighted by atomic mass is 15.1. The third-order valence-electron chi connectivity index (χ3n) is 5.25. The summed E-state index contributed by atoms with van der Waals surface area (Å²) in [6.07, 6.45) is 8.52. The highest BCUT2D eigenvalue weighted by molar-refractivity contribution is 4.96. The highest BCUT2D eigenvalue weighted by Gasteiger charge is 2.41. The van der Waals surface area contributed by atoms with Gasteiger partial charge in [-0.05, 0) is 51.1 Å². The van der Waals surface area contributed by atoms with Crippen LogP contribution in [0.5, 0.6) is 0 Å². The Labute approximate surface area is 107 Å². The standard InChI is InChI=1S/C15H30N2/c1-15(2)10-9-12(14(15)16-3)11-17(4)13-7-5-6-8-13/h12-14,16H,5-11H2,1-4H3. The van der Waals surface area contributed by atoms with Gasteiger partial charge in [-0.1, -0.05) is 26.7 Å². The van der Waals surface area contributed by atoms with Gasteiger partial charge >= 0.3 is 0 Å². The van der Waals surface area contributed by atoms with Crippen LogP contribution in [0.25, 0.3) is 0 Å². The Kier molecular flexibility index (Phi) is 4.14. The fourth-order valence-corrected chi connectivity index (χ4v) is 4.20. The Hall–Kier alpha value is -0.0800. The zero-order valence-corrected chi connectivity index (χ0v) is 12.1. The van der Waals surface area contributed by atoms with Gasteiger partial charge in [-0.25, -0.2) is 0 Å². The van der Waals surface area contributed by atoms with Crippen molar-refractivity contribution in [1.82, 2.24) is 10.2 Å². The summed E-state index contributed by atoms with van der Waals surface area (Å²) in [4.78, 5) is 2.64. The molecule has 1 N–H and O–H groups in total. The lowest BCUT2D eigenvalue weighted by Gasteiger charge is -2.34. The molecule has 100 valence electrons. The average molecular weight is 238 g/mol. The van der Waals surface area contributed by atoms with Gasteiger partial charge in [0, 0.05) is 18.6 Å². The van der Waals surface area contributed by atoms with Gasteiger partial charge in [0.15, 0.2) is 0 Å². The van der Waals surface area contributed by atoms with E-state index in [4.69, 9.17) is 0 Å². The van der Waals surface area contributed by atoms with Gasteiger partial charge in [-0.2, -0.15) is 0 Å². The molecule has 0 spiro atoms. The van der Waals surface area contributed by atoms with E-state index in [0.29, 0.717) is 11.5 Å². The van der Waals surface area contributed by atoms with Gasteiger partial charge in [-0.3, -0.25) is 0 Å². The van der Waals surface area contributed by atoms with Gasteiger partial charge in [0.1, 0.15) is 0 Å². The molecule has 2 unspecified atom stereocenters. The number of rotatable bonds is 4. The molecule has 0 aromatic carbocycles. The van der Waals surface area contributed by atoms with Crippen molar-refractivity contribution >= 4 is 0 Å². The highest BCUT2D eigenvalue weighted by Crippen LogP contribution is 2.41. The summed E-state index contributed by atoms with van der Waals surface area (Å²) in [5, 5.41) is 3.57. The summed E-state index contributed by atoms with van der Waals surface area (Å²) in [5.41, 5.74) is 0.482. The summed E-state index contributed by atoms with van der Waals surface area (Å²) in [6.45, 7) is 6.13.